The van der Waals surface area contributed by atoms with Gasteiger partial charge in [0.2, 0.25) is 0 Å². The normalized spacial score (nSPS) is 12.8. The SMILES string of the molecule is CC(C)(O)c1cc(-c2ccc3ccc4cccc5ccc2c3c45)c(C(C)(C)O)cc1-c1cccc2c1ccc1cc3ccccc3cc12. The van der Waals surface area contributed by atoms with Gasteiger partial charge < -0.3 is 10.2 Å². The molecule has 0 heterocycles. The number of aliphatic hydroxyl groups is 2. The van der Waals surface area contributed by atoms with Gasteiger partial charge in [0.05, 0.1) is 11.2 Å². The third-order valence-corrected chi connectivity index (χ3v) is 10.3. The van der Waals surface area contributed by atoms with E-state index in [9.17, 15) is 10.2 Å². The summed E-state index contributed by atoms with van der Waals surface area (Å²) in [6.07, 6.45) is 0. The smallest absolute Gasteiger partial charge is 0.0846 e. The van der Waals surface area contributed by atoms with Gasteiger partial charge in [0.25, 0.3) is 0 Å². The minimum Gasteiger partial charge on any atom is -0.386 e. The lowest BCUT2D eigenvalue weighted by Gasteiger charge is -2.29. The lowest BCUT2D eigenvalue weighted by atomic mass is 9.78. The first-order chi connectivity index (χ1) is 23.1. The molecular formula is C46H36O2. The maximum atomic E-state index is 11.8. The van der Waals surface area contributed by atoms with E-state index >= 15 is 0 Å². The molecule has 2 N–H and O–H groups in total. The van der Waals surface area contributed by atoms with Gasteiger partial charge in [0.1, 0.15) is 0 Å². The summed E-state index contributed by atoms with van der Waals surface area (Å²) in [5, 5.41) is 38.0. The van der Waals surface area contributed by atoms with E-state index in [1.54, 1.807) is 0 Å². The van der Waals surface area contributed by atoms with Crippen molar-refractivity contribution in [3.05, 3.63) is 145 Å². The van der Waals surface area contributed by atoms with Crippen LogP contribution in [0.25, 0.3) is 86.9 Å². The summed E-state index contributed by atoms with van der Waals surface area (Å²) >= 11 is 0. The van der Waals surface area contributed by atoms with Crippen LogP contribution in [-0.2, 0) is 11.2 Å². The van der Waals surface area contributed by atoms with Crippen molar-refractivity contribution in [3.8, 4) is 22.3 Å². The molecule has 0 saturated heterocycles. The van der Waals surface area contributed by atoms with E-state index in [1.165, 1.54) is 48.5 Å². The van der Waals surface area contributed by atoms with Crippen LogP contribution in [0.2, 0.25) is 0 Å². The average molecular weight is 621 g/mol. The van der Waals surface area contributed by atoms with Gasteiger partial charge in [-0.25, -0.2) is 0 Å². The van der Waals surface area contributed by atoms with Crippen LogP contribution in [0.1, 0.15) is 38.8 Å². The third kappa shape index (κ3) is 4.34. The Morgan fingerprint density at radius 2 is 0.833 bits per heavy atom. The zero-order chi connectivity index (χ0) is 32.9. The molecular weight excluding hydrogens is 585 g/mol. The number of hydrogen-bond acceptors (Lipinski definition) is 2. The Bertz CT molecular complexity index is 2720. The van der Waals surface area contributed by atoms with Crippen molar-refractivity contribution in [2.24, 2.45) is 0 Å². The zero-order valence-electron chi connectivity index (χ0n) is 27.6. The second-order valence-corrected chi connectivity index (χ2v) is 14.4. The van der Waals surface area contributed by atoms with Crippen molar-refractivity contribution in [1.29, 1.82) is 0 Å². The van der Waals surface area contributed by atoms with Crippen LogP contribution in [0, 0.1) is 0 Å². The van der Waals surface area contributed by atoms with E-state index in [-0.39, 0.29) is 0 Å². The van der Waals surface area contributed by atoms with Crippen LogP contribution in [0.5, 0.6) is 0 Å². The van der Waals surface area contributed by atoms with Crippen LogP contribution >= 0.6 is 0 Å². The molecule has 0 bridgehead atoms. The maximum absolute atomic E-state index is 11.8. The predicted octanol–water partition coefficient (Wildman–Crippen LogP) is 11.8. The molecule has 0 aliphatic heterocycles. The standard InChI is InChI=1S/C46H36O2/c1-45(2,47)41-26-40(36-20-17-29-16-15-27-11-7-12-28-18-22-37(36)44(29)43(27)28)42(46(3,4)48)25-39(41)34-14-8-13-33-35(34)21-19-32-23-30-9-5-6-10-31(30)24-38(32)33/h5-26,47-48H,1-4H3. The Morgan fingerprint density at radius 3 is 1.50 bits per heavy atom. The van der Waals surface area contributed by atoms with Crippen molar-refractivity contribution in [1.82, 2.24) is 0 Å². The van der Waals surface area contributed by atoms with Gasteiger partial charge in [-0.15, -0.1) is 0 Å². The molecule has 0 amide bonds. The molecule has 0 unspecified atom stereocenters. The highest BCUT2D eigenvalue weighted by Crippen LogP contribution is 2.46. The number of rotatable bonds is 4. The molecule has 0 atom stereocenters. The lowest BCUT2D eigenvalue weighted by molar-refractivity contribution is 0.0753. The lowest BCUT2D eigenvalue weighted by Crippen LogP contribution is -2.21. The monoisotopic (exact) mass is 620 g/mol. The molecule has 0 fully saturated rings. The van der Waals surface area contributed by atoms with E-state index in [2.05, 4.69) is 133 Å². The highest BCUT2D eigenvalue weighted by Gasteiger charge is 2.29. The quantitative estimate of drug-likeness (QED) is 0.152. The minimum atomic E-state index is -1.15. The average Bonchev–Trinajstić information content (AvgIpc) is 3.08. The largest absolute Gasteiger partial charge is 0.386 e. The third-order valence-electron chi connectivity index (χ3n) is 10.3. The summed E-state index contributed by atoms with van der Waals surface area (Å²) in [5.41, 5.74) is 3.28. The van der Waals surface area contributed by atoms with Crippen molar-refractivity contribution in [2.75, 3.05) is 0 Å². The van der Waals surface area contributed by atoms with Gasteiger partial charge in [0, 0.05) is 0 Å². The fourth-order valence-electron chi connectivity index (χ4n) is 8.04. The number of benzene rings is 9. The second kappa shape index (κ2) is 10.1. The van der Waals surface area contributed by atoms with Crippen LogP contribution in [0.15, 0.2) is 133 Å². The number of fused-ring (bicyclic) bond motifs is 4. The highest BCUT2D eigenvalue weighted by atomic mass is 16.3. The molecule has 0 aliphatic rings. The summed E-state index contributed by atoms with van der Waals surface area (Å²) < 4.78 is 0. The maximum Gasteiger partial charge on any atom is 0.0846 e. The van der Waals surface area contributed by atoms with Crippen molar-refractivity contribution in [3.63, 3.8) is 0 Å². The Balaban J connectivity index is 1.35. The Hall–Kier alpha value is -5.28. The summed E-state index contributed by atoms with van der Waals surface area (Å²) in [5.74, 6) is 0. The molecule has 0 spiro atoms. The molecule has 0 saturated carbocycles. The molecule has 9 aromatic rings. The highest BCUT2D eigenvalue weighted by molar-refractivity contribution is 6.25. The van der Waals surface area contributed by atoms with Gasteiger partial charge in [-0.1, -0.05) is 109 Å². The van der Waals surface area contributed by atoms with E-state index in [1.807, 2.05) is 27.7 Å². The zero-order valence-corrected chi connectivity index (χ0v) is 27.6. The molecule has 232 valence electrons. The molecule has 2 heteroatoms. The first-order valence-corrected chi connectivity index (χ1v) is 16.7. The predicted molar refractivity (Wildman–Crippen MR) is 204 cm³/mol. The molecule has 2 nitrogen and oxygen atoms in total. The molecule has 0 aliphatic carbocycles. The van der Waals surface area contributed by atoms with Gasteiger partial charge >= 0.3 is 0 Å². The van der Waals surface area contributed by atoms with Crippen molar-refractivity contribution >= 4 is 64.6 Å². The van der Waals surface area contributed by atoms with Crippen LogP contribution in [0.4, 0.5) is 0 Å². The Kier molecular flexibility index (Phi) is 6.09. The van der Waals surface area contributed by atoms with Crippen LogP contribution < -0.4 is 0 Å². The van der Waals surface area contributed by atoms with Crippen LogP contribution in [-0.4, -0.2) is 10.2 Å². The molecule has 0 radical (unpaired) electrons. The van der Waals surface area contributed by atoms with Crippen molar-refractivity contribution in [2.45, 2.75) is 38.9 Å². The first kappa shape index (κ1) is 28.9. The summed E-state index contributed by atoms with van der Waals surface area (Å²) in [6, 6.07) is 47.8. The minimum absolute atomic E-state index is 0.822. The van der Waals surface area contributed by atoms with Crippen molar-refractivity contribution < 1.29 is 10.2 Å². The topological polar surface area (TPSA) is 40.5 Å². The van der Waals surface area contributed by atoms with Gasteiger partial charge in [-0.05, 0) is 150 Å². The van der Waals surface area contributed by atoms with E-state index in [0.29, 0.717) is 0 Å². The van der Waals surface area contributed by atoms with E-state index < -0.39 is 11.2 Å². The van der Waals surface area contributed by atoms with E-state index in [4.69, 9.17) is 0 Å². The second-order valence-electron chi connectivity index (χ2n) is 14.4. The first-order valence-electron chi connectivity index (χ1n) is 16.7. The molecule has 48 heavy (non-hydrogen) atoms. The molecule has 9 aromatic carbocycles. The Labute approximate surface area is 279 Å². The summed E-state index contributed by atoms with van der Waals surface area (Å²) in [7, 11) is 0. The van der Waals surface area contributed by atoms with Gasteiger partial charge in [-0.3, -0.25) is 0 Å². The molecule has 0 aromatic heterocycles. The van der Waals surface area contributed by atoms with Gasteiger partial charge in [-0.2, -0.15) is 0 Å². The Morgan fingerprint density at radius 1 is 0.333 bits per heavy atom. The molecule has 9 rings (SSSR count). The van der Waals surface area contributed by atoms with Crippen LogP contribution in [0.3, 0.4) is 0 Å². The summed E-state index contributed by atoms with van der Waals surface area (Å²) in [6.45, 7) is 7.43. The van der Waals surface area contributed by atoms with E-state index in [0.717, 1.165) is 49.5 Å². The van der Waals surface area contributed by atoms with Gasteiger partial charge in [0.15, 0.2) is 0 Å². The number of hydrogen-bond donors (Lipinski definition) is 2. The fourth-order valence-corrected chi connectivity index (χ4v) is 8.04. The summed E-state index contributed by atoms with van der Waals surface area (Å²) in [4.78, 5) is 0. The fraction of sp³-hybridized carbons (Fsp3) is 0.130.